The molecule has 0 saturated carbocycles. The Kier molecular flexibility index (Phi) is 6.91. The van der Waals surface area contributed by atoms with Gasteiger partial charge in [-0.25, -0.2) is 0 Å². The van der Waals surface area contributed by atoms with Gasteiger partial charge >= 0.3 is 0 Å². The van der Waals surface area contributed by atoms with Crippen LogP contribution in [0.1, 0.15) is 36.2 Å². The molecule has 31 heavy (non-hydrogen) atoms. The molecular weight excluding hydrogens is 448 g/mol. The molecule has 0 radical (unpaired) electrons. The number of rotatable bonds is 8. The molecule has 3 aromatic rings. The lowest BCUT2D eigenvalue weighted by molar-refractivity contribution is -0.116. The number of nitrogens with two attached hydrogens (primary N) is 1. The molecule has 1 amide bonds. The largest absolute Gasteiger partial charge is 0.504 e. The zero-order valence-corrected chi connectivity index (χ0v) is 17.6. The Balaban J connectivity index is 1.60. The first kappa shape index (κ1) is 22.7. The molecule has 10 nitrogen and oxygen atoms in total. The van der Waals surface area contributed by atoms with Crippen LogP contribution in [0.4, 0.5) is 5.69 Å². The fourth-order valence-corrected chi connectivity index (χ4v) is 3.66. The summed E-state index contributed by atoms with van der Waals surface area (Å²) in [6.07, 6.45) is 0.501. The molecule has 2 aromatic carbocycles. The van der Waals surface area contributed by atoms with E-state index < -0.39 is 32.7 Å². The predicted octanol–water partition coefficient (Wildman–Crippen LogP) is 2.68. The summed E-state index contributed by atoms with van der Waals surface area (Å²) in [4.78, 5) is 11.4. The van der Waals surface area contributed by atoms with E-state index in [1.165, 1.54) is 0 Å². The smallest absolute Gasteiger partial charge is 0.298 e. The van der Waals surface area contributed by atoms with Crippen LogP contribution >= 0.6 is 11.6 Å². The molecular formula is C19H19ClN4O6S. The molecule has 1 heterocycles. The molecule has 5 N–H and O–H groups in total. The van der Waals surface area contributed by atoms with Crippen LogP contribution in [0.15, 0.2) is 51.8 Å². The van der Waals surface area contributed by atoms with Crippen LogP contribution in [-0.4, -0.2) is 34.2 Å². The second kappa shape index (κ2) is 9.43. The van der Waals surface area contributed by atoms with Crippen LogP contribution < -0.4 is 11.1 Å². The molecule has 1 atom stereocenters. The van der Waals surface area contributed by atoms with Gasteiger partial charge in [0.25, 0.3) is 10.1 Å². The normalized spacial score (nSPS) is 12.5. The first-order chi connectivity index (χ1) is 14.6. The first-order valence-corrected chi connectivity index (χ1v) is 10.9. The van der Waals surface area contributed by atoms with Gasteiger partial charge in [-0.2, -0.15) is 8.42 Å². The molecule has 0 spiro atoms. The number of halogens is 1. The molecule has 0 unspecified atom stereocenters. The monoisotopic (exact) mass is 466 g/mol. The second-order valence-corrected chi connectivity index (χ2v) is 8.49. The summed E-state index contributed by atoms with van der Waals surface area (Å²) in [6.45, 7) is 0. The fraction of sp³-hybridized carbons (Fsp3) is 0.211. The van der Waals surface area contributed by atoms with E-state index in [4.69, 9.17) is 26.3 Å². The third kappa shape index (κ3) is 6.01. The van der Waals surface area contributed by atoms with Crippen molar-refractivity contribution in [2.24, 2.45) is 5.73 Å². The number of phenols is 1. The number of phenolic OH excluding ortho intramolecular Hbond substituents is 1. The van der Waals surface area contributed by atoms with Gasteiger partial charge in [0, 0.05) is 11.4 Å². The number of nitrogens with one attached hydrogen (secondary N) is 1. The van der Waals surface area contributed by atoms with Crippen molar-refractivity contribution in [2.75, 3.05) is 5.32 Å². The van der Waals surface area contributed by atoms with Gasteiger partial charge in [0.2, 0.25) is 17.7 Å². The Hall–Kier alpha value is -2.99. The second-order valence-electron chi connectivity index (χ2n) is 6.66. The standard InChI is InChI=1S/C19H19ClN4O6S/c20-12-9-14(18(26)15(10-12)31(27,28)29)22-16(25)7-6-13(21)19-24-23-17(30-19)8-11-4-2-1-3-5-11/h1-5,9-10,13,26H,6-8,21H2,(H,22,25)(H,27,28,29)/t13-/m0/s1. The first-order valence-electron chi connectivity index (χ1n) is 9.05. The highest BCUT2D eigenvalue weighted by atomic mass is 35.5. The average molecular weight is 467 g/mol. The summed E-state index contributed by atoms with van der Waals surface area (Å²) in [6, 6.07) is 10.8. The highest BCUT2D eigenvalue weighted by molar-refractivity contribution is 7.86. The number of hydrogen-bond donors (Lipinski definition) is 4. The Morgan fingerprint density at radius 1 is 1.23 bits per heavy atom. The SMILES string of the molecule is N[C@@H](CCC(=O)Nc1cc(Cl)cc(S(=O)(=O)O)c1O)c1nnc(Cc2ccccc2)o1. The van der Waals surface area contributed by atoms with Gasteiger partial charge in [0.15, 0.2) is 5.75 Å². The van der Waals surface area contributed by atoms with Gasteiger partial charge < -0.3 is 20.6 Å². The van der Waals surface area contributed by atoms with Crippen LogP contribution in [0, 0.1) is 0 Å². The van der Waals surface area contributed by atoms with Crippen molar-refractivity contribution in [1.82, 2.24) is 10.2 Å². The minimum Gasteiger partial charge on any atom is -0.504 e. The predicted molar refractivity (Wildman–Crippen MR) is 111 cm³/mol. The van der Waals surface area contributed by atoms with Crippen molar-refractivity contribution in [1.29, 1.82) is 0 Å². The molecule has 12 heteroatoms. The molecule has 1 aromatic heterocycles. The Bertz CT molecular complexity index is 1180. The summed E-state index contributed by atoms with van der Waals surface area (Å²) in [5, 5.41) is 20.1. The van der Waals surface area contributed by atoms with Gasteiger partial charge in [-0.05, 0) is 24.1 Å². The Morgan fingerprint density at radius 2 is 1.94 bits per heavy atom. The van der Waals surface area contributed by atoms with Crippen LogP contribution in [0.25, 0.3) is 0 Å². The number of carbonyl (C=O) groups excluding carboxylic acids is 1. The zero-order chi connectivity index (χ0) is 22.6. The lowest BCUT2D eigenvalue weighted by Gasteiger charge is -2.11. The quantitative estimate of drug-likeness (QED) is 0.288. The van der Waals surface area contributed by atoms with E-state index in [0.717, 1.165) is 17.7 Å². The maximum absolute atomic E-state index is 12.2. The van der Waals surface area contributed by atoms with Crippen molar-refractivity contribution >= 4 is 33.3 Å². The van der Waals surface area contributed by atoms with Crippen molar-refractivity contribution in [3.63, 3.8) is 0 Å². The fourth-order valence-electron chi connectivity index (χ4n) is 2.75. The van der Waals surface area contributed by atoms with Crippen molar-refractivity contribution in [3.8, 4) is 5.75 Å². The van der Waals surface area contributed by atoms with Crippen LogP contribution in [0.5, 0.6) is 5.75 Å². The third-order valence-corrected chi connectivity index (χ3v) is 5.36. The van der Waals surface area contributed by atoms with E-state index in [-0.39, 0.29) is 29.4 Å². The minimum atomic E-state index is -4.73. The molecule has 164 valence electrons. The van der Waals surface area contributed by atoms with E-state index >= 15 is 0 Å². The number of nitrogens with zero attached hydrogens (tertiary/aromatic N) is 2. The number of carbonyl (C=O) groups is 1. The lowest BCUT2D eigenvalue weighted by atomic mass is 10.1. The van der Waals surface area contributed by atoms with Crippen LogP contribution in [0.3, 0.4) is 0 Å². The van der Waals surface area contributed by atoms with Gasteiger partial charge in [0.1, 0.15) is 4.90 Å². The van der Waals surface area contributed by atoms with E-state index in [1.54, 1.807) is 0 Å². The molecule has 0 saturated heterocycles. The van der Waals surface area contributed by atoms with E-state index in [2.05, 4.69) is 15.5 Å². The topological polar surface area (TPSA) is 169 Å². The van der Waals surface area contributed by atoms with Gasteiger partial charge in [0.05, 0.1) is 18.2 Å². The maximum atomic E-state index is 12.2. The molecule has 0 aliphatic heterocycles. The summed E-state index contributed by atoms with van der Waals surface area (Å²) in [5.74, 6) is -0.828. The molecule has 0 aliphatic rings. The Labute approximate surface area is 182 Å². The van der Waals surface area contributed by atoms with E-state index in [9.17, 15) is 18.3 Å². The van der Waals surface area contributed by atoms with Crippen LogP contribution in [0.2, 0.25) is 5.02 Å². The molecule has 3 rings (SSSR count). The summed E-state index contributed by atoms with van der Waals surface area (Å²) < 4.78 is 37.3. The molecule has 0 aliphatic carbocycles. The van der Waals surface area contributed by atoms with Crippen molar-refractivity contribution in [2.45, 2.75) is 30.2 Å². The van der Waals surface area contributed by atoms with Gasteiger partial charge in [-0.15, -0.1) is 10.2 Å². The number of anilines is 1. The number of aromatic nitrogens is 2. The third-order valence-electron chi connectivity index (χ3n) is 4.27. The number of amides is 1. The minimum absolute atomic E-state index is 0.0925. The van der Waals surface area contributed by atoms with Gasteiger partial charge in [-0.1, -0.05) is 41.9 Å². The van der Waals surface area contributed by atoms with Crippen molar-refractivity contribution < 1.29 is 27.3 Å². The lowest BCUT2D eigenvalue weighted by Crippen LogP contribution is -2.17. The van der Waals surface area contributed by atoms with Gasteiger partial charge in [-0.3, -0.25) is 9.35 Å². The highest BCUT2D eigenvalue weighted by Crippen LogP contribution is 2.34. The number of aromatic hydroxyl groups is 1. The summed E-state index contributed by atoms with van der Waals surface area (Å²) >= 11 is 5.79. The highest BCUT2D eigenvalue weighted by Gasteiger charge is 2.22. The molecule has 0 fully saturated rings. The van der Waals surface area contributed by atoms with E-state index in [0.29, 0.717) is 12.3 Å². The summed E-state index contributed by atoms with van der Waals surface area (Å²) in [7, 11) is -4.73. The average Bonchev–Trinajstić information content (AvgIpc) is 3.17. The number of benzene rings is 2. The van der Waals surface area contributed by atoms with Crippen molar-refractivity contribution in [3.05, 3.63) is 64.8 Å². The maximum Gasteiger partial charge on any atom is 0.298 e. The molecule has 0 bridgehead atoms. The van der Waals surface area contributed by atoms with Crippen LogP contribution in [-0.2, 0) is 21.3 Å². The Morgan fingerprint density at radius 3 is 2.61 bits per heavy atom. The zero-order valence-electron chi connectivity index (χ0n) is 16.0. The van der Waals surface area contributed by atoms with E-state index in [1.807, 2.05) is 30.3 Å². The number of hydrogen-bond acceptors (Lipinski definition) is 8. The summed E-state index contributed by atoms with van der Waals surface area (Å²) in [5.41, 5.74) is 6.75.